The Labute approximate surface area is 123 Å². The molecular weight excluding hydrogens is 266 g/mol. The molecule has 4 heterocycles. The first-order valence-corrected chi connectivity index (χ1v) is 7.50. The van der Waals surface area contributed by atoms with Crippen molar-refractivity contribution < 1.29 is 4.79 Å². The Kier molecular flexibility index (Phi) is 2.67. The lowest BCUT2D eigenvalue weighted by molar-refractivity contribution is -0.129. The second-order valence-electron chi connectivity index (χ2n) is 5.94. The number of carbonyl (C=O) groups is 1. The minimum absolute atomic E-state index is 0.135. The van der Waals surface area contributed by atoms with Gasteiger partial charge in [0.15, 0.2) is 0 Å². The fourth-order valence-corrected chi connectivity index (χ4v) is 3.47. The van der Waals surface area contributed by atoms with Crippen LogP contribution in [0.15, 0.2) is 6.33 Å². The predicted molar refractivity (Wildman–Crippen MR) is 77.5 cm³/mol. The van der Waals surface area contributed by atoms with Gasteiger partial charge < -0.3 is 9.47 Å². The zero-order valence-corrected chi connectivity index (χ0v) is 12.5. The van der Waals surface area contributed by atoms with E-state index in [1.165, 1.54) is 11.3 Å². The third-order valence-corrected chi connectivity index (χ3v) is 4.61. The number of amides is 1. The van der Waals surface area contributed by atoms with Crippen LogP contribution in [0.5, 0.6) is 0 Å². The maximum absolute atomic E-state index is 11.7. The molecule has 0 bridgehead atoms. The molecule has 0 unspecified atom stereocenters. The van der Waals surface area contributed by atoms with E-state index in [1.54, 1.807) is 6.92 Å². The van der Waals surface area contributed by atoms with Crippen molar-refractivity contribution in [3.8, 4) is 11.4 Å². The van der Waals surface area contributed by atoms with Crippen LogP contribution in [-0.2, 0) is 37.8 Å². The third kappa shape index (κ3) is 1.81. The Morgan fingerprint density at radius 2 is 2.14 bits per heavy atom. The number of hydrogen-bond acceptors (Lipinski definition) is 3. The fraction of sp³-hybridized carbons (Fsp3) is 0.533. The highest BCUT2D eigenvalue weighted by Gasteiger charge is 2.30. The maximum atomic E-state index is 11.7. The van der Waals surface area contributed by atoms with Crippen LogP contribution in [0.3, 0.4) is 0 Å². The van der Waals surface area contributed by atoms with E-state index in [2.05, 4.69) is 14.2 Å². The van der Waals surface area contributed by atoms with Crippen molar-refractivity contribution in [1.29, 1.82) is 0 Å². The molecule has 0 saturated carbocycles. The summed E-state index contributed by atoms with van der Waals surface area (Å²) < 4.78 is 4.21. The molecule has 6 heteroatoms. The molecule has 0 N–H and O–H groups in total. The Hall–Kier alpha value is -2.11. The van der Waals surface area contributed by atoms with Gasteiger partial charge in [-0.25, -0.2) is 4.98 Å². The molecule has 21 heavy (non-hydrogen) atoms. The molecule has 2 aliphatic rings. The van der Waals surface area contributed by atoms with Gasteiger partial charge in [-0.05, 0) is 12.8 Å². The summed E-state index contributed by atoms with van der Waals surface area (Å²) in [5.41, 5.74) is 5.79. The number of imidazole rings is 1. The Morgan fingerprint density at radius 1 is 1.29 bits per heavy atom. The number of fused-ring (bicyclic) bond motifs is 5. The lowest BCUT2D eigenvalue weighted by Gasteiger charge is -2.25. The number of aromatic nitrogens is 4. The number of nitrogens with zero attached hydrogens (tertiary/aromatic N) is 5. The second-order valence-corrected chi connectivity index (χ2v) is 5.94. The molecule has 0 spiro atoms. The largest absolute Gasteiger partial charge is 0.338 e. The molecule has 0 aliphatic carbocycles. The van der Waals surface area contributed by atoms with Crippen LogP contribution in [0, 0.1) is 0 Å². The Bertz CT molecular complexity index is 727. The van der Waals surface area contributed by atoms with E-state index in [9.17, 15) is 4.79 Å². The average Bonchev–Trinajstić information content (AvgIpc) is 2.93. The van der Waals surface area contributed by atoms with Crippen molar-refractivity contribution in [2.75, 3.05) is 6.54 Å². The highest BCUT2D eigenvalue weighted by molar-refractivity contribution is 5.74. The highest BCUT2D eigenvalue weighted by Crippen LogP contribution is 2.34. The zero-order chi connectivity index (χ0) is 14.6. The minimum atomic E-state index is 0.135. The van der Waals surface area contributed by atoms with Crippen molar-refractivity contribution in [2.45, 2.75) is 39.3 Å². The van der Waals surface area contributed by atoms with E-state index in [-0.39, 0.29) is 5.91 Å². The summed E-state index contributed by atoms with van der Waals surface area (Å²) >= 11 is 0. The highest BCUT2D eigenvalue weighted by atomic mass is 16.2. The van der Waals surface area contributed by atoms with Gasteiger partial charge in [0.05, 0.1) is 17.7 Å². The summed E-state index contributed by atoms with van der Waals surface area (Å²) in [5, 5.41) is 4.78. The van der Waals surface area contributed by atoms with Gasteiger partial charge in [0.2, 0.25) is 5.91 Å². The van der Waals surface area contributed by atoms with Crippen molar-refractivity contribution in [2.24, 2.45) is 7.05 Å². The standard InChI is InChI=1S/C15H19N5O/c1-10(21)19-7-5-12-11(8-19)15-14-13(18(2)9-16-14)4-3-6-20(15)17-12/h9H,3-8H2,1-2H3. The van der Waals surface area contributed by atoms with Crippen LogP contribution >= 0.6 is 0 Å². The Morgan fingerprint density at radius 3 is 2.95 bits per heavy atom. The van der Waals surface area contributed by atoms with Gasteiger partial charge in [-0.3, -0.25) is 9.48 Å². The van der Waals surface area contributed by atoms with Gasteiger partial charge in [-0.1, -0.05) is 0 Å². The van der Waals surface area contributed by atoms with Gasteiger partial charge in [0.1, 0.15) is 5.69 Å². The lowest BCUT2D eigenvalue weighted by atomic mass is 10.0. The number of rotatable bonds is 0. The molecule has 2 aliphatic heterocycles. The summed E-state index contributed by atoms with van der Waals surface area (Å²) in [5.74, 6) is 0.135. The molecular formula is C15H19N5O. The Balaban J connectivity index is 1.88. The molecule has 0 saturated heterocycles. The molecule has 0 radical (unpaired) electrons. The summed E-state index contributed by atoms with van der Waals surface area (Å²) in [6, 6.07) is 0. The first kappa shape index (κ1) is 12.6. The van der Waals surface area contributed by atoms with E-state index in [0.29, 0.717) is 6.54 Å². The fourth-order valence-electron chi connectivity index (χ4n) is 3.47. The van der Waals surface area contributed by atoms with E-state index >= 15 is 0 Å². The quantitative estimate of drug-likeness (QED) is 0.729. The van der Waals surface area contributed by atoms with Gasteiger partial charge >= 0.3 is 0 Å². The molecule has 1 amide bonds. The molecule has 2 aromatic heterocycles. The van der Waals surface area contributed by atoms with Crippen LogP contribution in [0.4, 0.5) is 0 Å². The predicted octanol–water partition coefficient (Wildman–Crippen LogP) is 1.13. The van der Waals surface area contributed by atoms with Crippen LogP contribution < -0.4 is 0 Å². The maximum Gasteiger partial charge on any atom is 0.219 e. The van der Waals surface area contributed by atoms with Crippen molar-refractivity contribution in [3.63, 3.8) is 0 Å². The minimum Gasteiger partial charge on any atom is -0.338 e. The summed E-state index contributed by atoms with van der Waals surface area (Å²) in [4.78, 5) is 18.2. The molecule has 0 atom stereocenters. The first-order chi connectivity index (χ1) is 10.1. The van der Waals surface area contributed by atoms with Gasteiger partial charge in [-0.15, -0.1) is 0 Å². The third-order valence-electron chi connectivity index (χ3n) is 4.61. The number of carbonyl (C=O) groups excluding carboxylic acids is 1. The second kappa shape index (κ2) is 4.44. The summed E-state index contributed by atoms with van der Waals surface area (Å²) in [6.07, 6.45) is 4.83. The smallest absolute Gasteiger partial charge is 0.219 e. The molecule has 0 aromatic carbocycles. The molecule has 0 fully saturated rings. The van der Waals surface area contributed by atoms with Crippen LogP contribution in [0.2, 0.25) is 0 Å². The van der Waals surface area contributed by atoms with Crippen molar-refractivity contribution in [1.82, 2.24) is 24.2 Å². The number of hydrogen-bond donors (Lipinski definition) is 0. The van der Waals surface area contributed by atoms with Crippen molar-refractivity contribution >= 4 is 5.91 Å². The van der Waals surface area contributed by atoms with Crippen LogP contribution in [-0.4, -0.2) is 36.7 Å². The number of aryl methyl sites for hydroxylation is 2. The molecule has 2 aromatic rings. The molecule has 4 rings (SSSR count). The van der Waals surface area contributed by atoms with E-state index < -0.39 is 0 Å². The SMILES string of the molecule is CC(=O)N1CCc2nn3c(c2C1)-c1ncn(C)c1CCC3. The van der Waals surface area contributed by atoms with E-state index in [0.717, 1.165) is 49.4 Å². The summed E-state index contributed by atoms with van der Waals surface area (Å²) in [6.45, 7) is 4.00. The van der Waals surface area contributed by atoms with Gasteiger partial charge in [0, 0.05) is 51.3 Å². The molecule has 110 valence electrons. The lowest BCUT2D eigenvalue weighted by Crippen LogP contribution is -2.34. The van der Waals surface area contributed by atoms with Gasteiger partial charge in [-0.2, -0.15) is 5.10 Å². The topological polar surface area (TPSA) is 56.0 Å². The van der Waals surface area contributed by atoms with Gasteiger partial charge in [0.25, 0.3) is 0 Å². The summed E-state index contributed by atoms with van der Waals surface area (Å²) in [7, 11) is 2.05. The first-order valence-electron chi connectivity index (χ1n) is 7.50. The van der Waals surface area contributed by atoms with E-state index in [4.69, 9.17) is 5.10 Å². The van der Waals surface area contributed by atoms with E-state index in [1.807, 2.05) is 18.3 Å². The van der Waals surface area contributed by atoms with Crippen molar-refractivity contribution in [3.05, 3.63) is 23.3 Å². The monoisotopic (exact) mass is 285 g/mol. The average molecular weight is 285 g/mol. The normalized spacial score (nSPS) is 17.0. The van der Waals surface area contributed by atoms with Crippen LogP contribution in [0.25, 0.3) is 11.4 Å². The molecule has 6 nitrogen and oxygen atoms in total. The zero-order valence-electron chi connectivity index (χ0n) is 12.5. The van der Waals surface area contributed by atoms with Crippen LogP contribution in [0.1, 0.15) is 30.3 Å².